The Labute approximate surface area is 123 Å². The Bertz CT molecular complexity index is 599. The molecule has 2 aromatic rings. The number of rotatable bonds is 6. The number of para-hydroxylation sites is 1. The summed E-state index contributed by atoms with van der Waals surface area (Å²) in [6, 6.07) is 10.4. The SMILES string of the molecule is CC(C)CNCc1cc(F)ccc1Oc1ccccc1F. The van der Waals surface area contributed by atoms with Crippen molar-refractivity contribution in [1.29, 1.82) is 0 Å². The molecule has 0 amide bonds. The first kappa shape index (κ1) is 15.4. The fraction of sp³-hybridized carbons (Fsp3) is 0.294. The van der Waals surface area contributed by atoms with Gasteiger partial charge in [-0.3, -0.25) is 0 Å². The normalized spacial score (nSPS) is 10.9. The third-order valence-corrected chi connectivity index (χ3v) is 2.95. The van der Waals surface area contributed by atoms with Gasteiger partial charge in [0.25, 0.3) is 0 Å². The monoisotopic (exact) mass is 291 g/mol. The Hall–Kier alpha value is -1.94. The summed E-state index contributed by atoms with van der Waals surface area (Å²) >= 11 is 0. The van der Waals surface area contributed by atoms with Crippen LogP contribution in [0.1, 0.15) is 19.4 Å². The predicted molar refractivity (Wildman–Crippen MR) is 79.4 cm³/mol. The van der Waals surface area contributed by atoms with Gasteiger partial charge in [-0.15, -0.1) is 0 Å². The van der Waals surface area contributed by atoms with Crippen LogP contribution in [0.25, 0.3) is 0 Å². The number of ether oxygens (including phenoxy) is 1. The van der Waals surface area contributed by atoms with E-state index >= 15 is 0 Å². The van der Waals surface area contributed by atoms with Crippen molar-refractivity contribution in [3.63, 3.8) is 0 Å². The first-order chi connectivity index (χ1) is 10.1. The molecule has 0 radical (unpaired) electrons. The van der Waals surface area contributed by atoms with E-state index < -0.39 is 5.82 Å². The summed E-state index contributed by atoms with van der Waals surface area (Å²) in [7, 11) is 0. The molecule has 0 unspecified atom stereocenters. The molecule has 0 heterocycles. The van der Waals surface area contributed by atoms with Crippen molar-refractivity contribution in [3.8, 4) is 11.5 Å². The summed E-state index contributed by atoms with van der Waals surface area (Å²) in [5.41, 5.74) is 0.666. The second kappa shape index (κ2) is 7.18. The first-order valence-electron chi connectivity index (χ1n) is 6.98. The third kappa shape index (κ3) is 4.53. The van der Waals surface area contributed by atoms with Gasteiger partial charge in [-0.2, -0.15) is 0 Å². The minimum Gasteiger partial charge on any atom is -0.454 e. The van der Waals surface area contributed by atoms with Crippen LogP contribution in [-0.4, -0.2) is 6.54 Å². The molecule has 0 spiro atoms. The molecule has 2 aromatic carbocycles. The van der Waals surface area contributed by atoms with E-state index in [-0.39, 0.29) is 11.6 Å². The van der Waals surface area contributed by atoms with Crippen LogP contribution in [0.4, 0.5) is 8.78 Å². The van der Waals surface area contributed by atoms with Gasteiger partial charge >= 0.3 is 0 Å². The minimum absolute atomic E-state index is 0.134. The van der Waals surface area contributed by atoms with Crippen molar-refractivity contribution in [2.24, 2.45) is 5.92 Å². The highest BCUT2D eigenvalue weighted by Crippen LogP contribution is 2.27. The Morgan fingerprint density at radius 1 is 1.05 bits per heavy atom. The molecule has 0 aliphatic rings. The van der Waals surface area contributed by atoms with E-state index in [9.17, 15) is 8.78 Å². The zero-order chi connectivity index (χ0) is 15.2. The molecule has 2 nitrogen and oxygen atoms in total. The Morgan fingerprint density at radius 3 is 2.52 bits per heavy atom. The molecule has 2 rings (SSSR count). The van der Waals surface area contributed by atoms with Gasteiger partial charge in [0.05, 0.1) is 0 Å². The van der Waals surface area contributed by atoms with E-state index in [1.807, 2.05) is 0 Å². The molecule has 0 saturated carbocycles. The van der Waals surface area contributed by atoms with Crippen LogP contribution < -0.4 is 10.1 Å². The summed E-state index contributed by atoms with van der Waals surface area (Å²) in [6.07, 6.45) is 0. The van der Waals surface area contributed by atoms with Gasteiger partial charge in [0.2, 0.25) is 0 Å². The van der Waals surface area contributed by atoms with Gasteiger partial charge in [0, 0.05) is 12.1 Å². The van der Waals surface area contributed by atoms with Crippen molar-refractivity contribution >= 4 is 0 Å². The number of hydrogen-bond donors (Lipinski definition) is 1. The highest BCUT2D eigenvalue weighted by Gasteiger charge is 2.09. The fourth-order valence-electron chi connectivity index (χ4n) is 1.93. The van der Waals surface area contributed by atoms with E-state index in [1.54, 1.807) is 18.2 Å². The fourth-order valence-corrected chi connectivity index (χ4v) is 1.93. The third-order valence-electron chi connectivity index (χ3n) is 2.95. The molecule has 0 aliphatic carbocycles. The average molecular weight is 291 g/mol. The van der Waals surface area contributed by atoms with E-state index in [2.05, 4.69) is 19.2 Å². The first-order valence-corrected chi connectivity index (χ1v) is 6.98. The highest BCUT2D eigenvalue weighted by molar-refractivity contribution is 5.38. The highest BCUT2D eigenvalue weighted by atomic mass is 19.1. The Kier molecular flexibility index (Phi) is 5.28. The standard InChI is InChI=1S/C17H19F2NO/c1-12(2)10-20-11-13-9-14(18)7-8-16(13)21-17-6-4-3-5-15(17)19/h3-9,12,20H,10-11H2,1-2H3. The number of benzene rings is 2. The molecule has 21 heavy (non-hydrogen) atoms. The average Bonchev–Trinajstić information content (AvgIpc) is 2.43. The maximum atomic E-state index is 13.6. The van der Waals surface area contributed by atoms with Crippen LogP contribution in [0.5, 0.6) is 11.5 Å². The van der Waals surface area contributed by atoms with Crippen LogP contribution in [0, 0.1) is 17.6 Å². The molecule has 112 valence electrons. The molecule has 0 aromatic heterocycles. The summed E-state index contributed by atoms with van der Waals surface area (Å²) in [5, 5.41) is 3.23. The molecule has 1 N–H and O–H groups in total. The lowest BCUT2D eigenvalue weighted by Gasteiger charge is -2.13. The quantitative estimate of drug-likeness (QED) is 0.846. The molecule has 0 atom stereocenters. The van der Waals surface area contributed by atoms with E-state index in [0.29, 0.717) is 23.8 Å². The number of halogens is 2. The predicted octanol–water partition coefficient (Wildman–Crippen LogP) is 4.50. The minimum atomic E-state index is -0.442. The van der Waals surface area contributed by atoms with E-state index in [1.165, 1.54) is 24.3 Å². The lowest BCUT2D eigenvalue weighted by molar-refractivity contribution is 0.432. The molecule has 0 fully saturated rings. The summed E-state index contributed by atoms with van der Waals surface area (Å²) in [4.78, 5) is 0. The largest absolute Gasteiger partial charge is 0.454 e. The second-order valence-electron chi connectivity index (χ2n) is 5.31. The lowest BCUT2D eigenvalue weighted by atomic mass is 10.1. The molecule has 0 aliphatic heterocycles. The van der Waals surface area contributed by atoms with E-state index in [4.69, 9.17) is 4.74 Å². The zero-order valence-corrected chi connectivity index (χ0v) is 12.2. The van der Waals surface area contributed by atoms with Gasteiger partial charge in [-0.1, -0.05) is 26.0 Å². The zero-order valence-electron chi connectivity index (χ0n) is 12.2. The summed E-state index contributed by atoms with van der Waals surface area (Å²) in [6.45, 7) is 5.47. The van der Waals surface area contributed by atoms with Crippen molar-refractivity contribution in [1.82, 2.24) is 5.32 Å². The van der Waals surface area contributed by atoms with Crippen molar-refractivity contribution < 1.29 is 13.5 Å². The Morgan fingerprint density at radius 2 is 1.81 bits per heavy atom. The van der Waals surface area contributed by atoms with Gasteiger partial charge in [0.15, 0.2) is 11.6 Å². The van der Waals surface area contributed by atoms with Crippen molar-refractivity contribution in [3.05, 3.63) is 59.7 Å². The molecule has 0 bridgehead atoms. The summed E-state index contributed by atoms with van der Waals surface area (Å²) in [5.74, 6) is 0.307. The van der Waals surface area contributed by atoms with Gasteiger partial charge < -0.3 is 10.1 Å². The maximum Gasteiger partial charge on any atom is 0.165 e. The summed E-state index contributed by atoms with van der Waals surface area (Å²) < 4.78 is 32.6. The van der Waals surface area contributed by atoms with Crippen LogP contribution in [0.3, 0.4) is 0 Å². The number of nitrogens with one attached hydrogen (secondary N) is 1. The van der Waals surface area contributed by atoms with Gasteiger partial charge in [-0.25, -0.2) is 8.78 Å². The van der Waals surface area contributed by atoms with Crippen molar-refractivity contribution in [2.45, 2.75) is 20.4 Å². The maximum absolute atomic E-state index is 13.6. The van der Waals surface area contributed by atoms with Gasteiger partial charge in [0.1, 0.15) is 11.6 Å². The smallest absolute Gasteiger partial charge is 0.165 e. The number of hydrogen-bond acceptors (Lipinski definition) is 2. The van der Waals surface area contributed by atoms with Gasteiger partial charge in [-0.05, 0) is 42.8 Å². The van der Waals surface area contributed by atoms with Crippen LogP contribution >= 0.6 is 0 Å². The van der Waals surface area contributed by atoms with Crippen LogP contribution in [0.2, 0.25) is 0 Å². The molecular formula is C17H19F2NO. The Balaban J connectivity index is 2.16. The molecule has 0 saturated heterocycles. The van der Waals surface area contributed by atoms with Crippen LogP contribution in [0.15, 0.2) is 42.5 Å². The van der Waals surface area contributed by atoms with Crippen molar-refractivity contribution in [2.75, 3.05) is 6.54 Å². The topological polar surface area (TPSA) is 21.3 Å². The molecule has 4 heteroatoms. The molecular weight excluding hydrogens is 272 g/mol. The second-order valence-corrected chi connectivity index (χ2v) is 5.31. The lowest BCUT2D eigenvalue weighted by Crippen LogP contribution is -2.19. The van der Waals surface area contributed by atoms with Crippen LogP contribution in [-0.2, 0) is 6.54 Å². The van der Waals surface area contributed by atoms with E-state index in [0.717, 1.165) is 6.54 Å².